The minimum Gasteiger partial charge on any atom is -0.346 e. The Labute approximate surface area is 182 Å². The molecule has 3 aromatic rings. The van der Waals surface area contributed by atoms with E-state index in [2.05, 4.69) is 27.6 Å². The molecule has 1 aromatic heterocycles. The third kappa shape index (κ3) is 5.20. The van der Waals surface area contributed by atoms with Crippen LogP contribution in [0.15, 0.2) is 53.7 Å². The molecule has 0 saturated carbocycles. The van der Waals surface area contributed by atoms with Crippen molar-refractivity contribution in [2.24, 2.45) is 0 Å². The van der Waals surface area contributed by atoms with E-state index >= 15 is 0 Å². The lowest BCUT2D eigenvalue weighted by Crippen LogP contribution is -2.29. The first kappa shape index (κ1) is 21.0. The van der Waals surface area contributed by atoms with Crippen molar-refractivity contribution < 1.29 is 4.79 Å². The predicted molar refractivity (Wildman–Crippen MR) is 114 cm³/mol. The highest BCUT2D eigenvalue weighted by Gasteiger charge is 2.18. The molecule has 0 spiro atoms. The molecule has 0 atom stereocenters. The maximum atomic E-state index is 11.7. The summed E-state index contributed by atoms with van der Waals surface area (Å²) in [7, 11) is 0. The Morgan fingerprint density at radius 3 is 2.64 bits per heavy atom. The Morgan fingerprint density at radius 2 is 1.93 bits per heavy atom. The number of rotatable bonds is 7. The number of alkyl halides is 2. The van der Waals surface area contributed by atoms with E-state index in [0.29, 0.717) is 16.0 Å². The maximum absolute atomic E-state index is 11.7. The van der Waals surface area contributed by atoms with Crippen molar-refractivity contribution in [1.82, 2.24) is 20.1 Å². The zero-order chi connectivity index (χ0) is 20.1. The Morgan fingerprint density at radius 1 is 1.18 bits per heavy atom. The fourth-order valence-corrected chi connectivity index (χ4v) is 3.78. The van der Waals surface area contributed by atoms with Gasteiger partial charge in [0.25, 0.3) is 5.91 Å². The molecule has 5 nitrogen and oxygen atoms in total. The Kier molecular flexibility index (Phi) is 7.24. The van der Waals surface area contributed by atoms with Crippen LogP contribution in [0, 0.1) is 6.92 Å². The van der Waals surface area contributed by atoms with Crippen molar-refractivity contribution in [3.63, 3.8) is 0 Å². The lowest BCUT2D eigenvalue weighted by Gasteiger charge is -2.14. The largest absolute Gasteiger partial charge is 0.346 e. The molecule has 0 aliphatic carbocycles. The predicted octanol–water partition coefficient (Wildman–Crippen LogP) is 4.94. The van der Waals surface area contributed by atoms with E-state index in [1.165, 1.54) is 5.56 Å². The van der Waals surface area contributed by atoms with Gasteiger partial charge in [0.15, 0.2) is 15.8 Å². The van der Waals surface area contributed by atoms with Crippen LogP contribution in [0.4, 0.5) is 0 Å². The molecular formula is C19H17Cl3N4OS. The molecule has 3 rings (SSSR count). The quantitative estimate of drug-likeness (QED) is 0.405. The normalized spacial score (nSPS) is 11.0. The number of nitrogens with one attached hydrogen (secondary N) is 1. The molecule has 1 amide bonds. The van der Waals surface area contributed by atoms with Crippen LogP contribution in [0.5, 0.6) is 0 Å². The molecule has 2 aromatic carbocycles. The summed E-state index contributed by atoms with van der Waals surface area (Å²) in [6.45, 7) is 2.12. The highest BCUT2D eigenvalue weighted by molar-refractivity contribution is 7.98. The number of carbonyl (C=O) groups is 1. The topological polar surface area (TPSA) is 59.8 Å². The minimum absolute atomic E-state index is 0.139. The summed E-state index contributed by atoms with van der Waals surface area (Å²) in [6.07, 6.45) is 0. The summed E-state index contributed by atoms with van der Waals surface area (Å²) >= 11 is 19.0. The van der Waals surface area contributed by atoms with Gasteiger partial charge in [-0.15, -0.1) is 10.2 Å². The molecule has 28 heavy (non-hydrogen) atoms. The van der Waals surface area contributed by atoms with Gasteiger partial charge < -0.3 is 5.32 Å². The zero-order valence-corrected chi connectivity index (χ0v) is 18.0. The van der Waals surface area contributed by atoms with Crippen LogP contribution in [0.1, 0.15) is 17.0 Å². The monoisotopic (exact) mass is 454 g/mol. The summed E-state index contributed by atoms with van der Waals surface area (Å²) in [4.78, 5) is 10.6. The van der Waals surface area contributed by atoms with Crippen LogP contribution >= 0.6 is 46.6 Å². The van der Waals surface area contributed by atoms with Crippen molar-refractivity contribution in [3.8, 4) is 5.69 Å². The van der Waals surface area contributed by atoms with E-state index in [0.717, 1.165) is 17.0 Å². The Bertz CT molecular complexity index is 963. The number of hydrogen-bond donors (Lipinski definition) is 1. The second-order valence-electron chi connectivity index (χ2n) is 5.96. The molecule has 0 unspecified atom stereocenters. The van der Waals surface area contributed by atoms with E-state index in [1.54, 1.807) is 11.8 Å². The van der Waals surface area contributed by atoms with Crippen LogP contribution in [0.25, 0.3) is 5.69 Å². The van der Waals surface area contributed by atoms with Gasteiger partial charge in [-0.25, -0.2) is 0 Å². The molecule has 146 valence electrons. The fourth-order valence-electron chi connectivity index (χ4n) is 2.54. The Balaban J connectivity index is 1.93. The third-order valence-corrected chi connectivity index (χ3v) is 5.57. The number of thioether (sulfide) groups is 1. The van der Waals surface area contributed by atoms with Crippen LogP contribution in [0.3, 0.4) is 0 Å². The lowest BCUT2D eigenvalue weighted by molar-refractivity contribution is -0.119. The molecule has 9 heteroatoms. The van der Waals surface area contributed by atoms with Gasteiger partial charge in [-0.3, -0.25) is 9.36 Å². The highest BCUT2D eigenvalue weighted by atomic mass is 35.5. The SMILES string of the molecule is Cc1ccc(Cl)cc1-n1c(CNC(=O)C(Cl)Cl)nnc1SCc1ccccc1. The van der Waals surface area contributed by atoms with E-state index in [-0.39, 0.29) is 6.54 Å². The minimum atomic E-state index is -1.14. The maximum Gasteiger partial charge on any atom is 0.253 e. The molecule has 0 saturated heterocycles. The first-order valence-electron chi connectivity index (χ1n) is 8.39. The first-order valence-corrected chi connectivity index (χ1v) is 10.6. The number of aromatic nitrogens is 3. The van der Waals surface area contributed by atoms with Crippen molar-refractivity contribution in [1.29, 1.82) is 0 Å². The summed E-state index contributed by atoms with van der Waals surface area (Å²) in [5.41, 5.74) is 3.03. The van der Waals surface area contributed by atoms with Gasteiger partial charge in [-0.05, 0) is 30.2 Å². The third-order valence-electron chi connectivity index (χ3n) is 3.94. The van der Waals surface area contributed by atoms with E-state index in [1.807, 2.05) is 47.9 Å². The van der Waals surface area contributed by atoms with Gasteiger partial charge in [-0.1, -0.05) is 83.0 Å². The summed E-state index contributed by atoms with van der Waals surface area (Å²) in [6, 6.07) is 15.7. The summed E-state index contributed by atoms with van der Waals surface area (Å²) in [5.74, 6) is 0.804. The molecule has 0 radical (unpaired) electrons. The second-order valence-corrected chi connectivity index (χ2v) is 8.43. The van der Waals surface area contributed by atoms with Crippen LogP contribution < -0.4 is 5.32 Å². The zero-order valence-electron chi connectivity index (χ0n) is 14.9. The summed E-state index contributed by atoms with van der Waals surface area (Å²) < 4.78 is 1.90. The van der Waals surface area contributed by atoms with E-state index in [9.17, 15) is 4.79 Å². The number of amides is 1. The van der Waals surface area contributed by atoms with Crippen molar-refractivity contribution in [2.45, 2.75) is 29.2 Å². The average Bonchev–Trinajstić information content (AvgIpc) is 3.09. The number of benzene rings is 2. The van der Waals surface area contributed by atoms with Gasteiger partial charge in [0, 0.05) is 10.8 Å². The van der Waals surface area contributed by atoms with Gasteiger partial charge in [-0.2, -0.15) is 0 Å². The van der Waals surface area contributed by atoms with Crippen molar-refractivity contribution >= 4 is 52.5 Å². The van der Waals surface area contributed by atoms with E-state index < -0.39 is 10.7 Å². The fraction of sp³-hybridized carbons (Fsp3) is 0.211. The first-order chi connectivity index (χ1) is 13.5. The molecule has 0 aliphatic heterocycles. The van der Waals surface area contributed by atoms with E-state index in [4.69, 9.17) is 34.8 Å². The van der Waals surface area contributed by atoms with Crippen molar-refractivity contribution in [2.75, 3.05) is 0 Å². The number of nitrogens with zero attached hydrogens (tertiary/aromatic N) is 3. The van der Waals surface area contributed by atoms with Crippen molar-refractivity contribution in [3.05, 3.63) is 70.5 Å². The number of carbonyl (C=O) groups excluding carboxylic acids is 1. The van der Waals surface area contributed by atoms with Gasteiger partial charge >= 0.3 is 0 Å². The molecular weight excluding hydrogens is 439 g/mol. The summed E-state index contributed by atoms with van der Waals surface area (Å²) in [5, 5.41) is 12.5. The number of hydrogen-bond acceptors (Lipinski definition) is 4. The van der Waals surface area contributed by atoms with Crippen LogP contribution in [-0.2, 0) is 17.1 Å². The van der Waals surface area contributed by atoms with Crippen LogP contribution in [-0.4, -0.2) is 25.5 Å². The second kappa shape index (κ2) is 9.65. The molecule has 1 heterocycles. The lowest BCUT2D eigenvalue weighted by atomic mass is 10.2. The van der Waals surface area contributed by atoms with Gasteiger partial charge in [0.1, 0.15) is 0 Å². The standard InChI is InChI=1S/C19H17Cl3N4OS/c1-12-7-8-14(20)9-15(12)26-16(10-23-18(27)17(21)22)24-25-19(26)28-11-13-5-3-2-4-6-13/h2-9,17H,10-11H2,1H3,(H,23,27). The molecule has 0 bridgehead atoms. The highest BCUT2D eigenvalue weighted by Crippen LogP contribution is 2.28. The molecule has 0 aliphatic rings. The smallest absolute Gasteiger partial charge is 0.253 e. The van der Waals surface area contributed by atoms with Gasteiger partial charge in [0.05, 0.1) is 12.2 Å². The Hall–Kier alpha value is -1.73. The van der Waals surface area contributed by atoms with Crippen LogP contribution in [0.2, 0.25) is 5.02 Å². The molecule has 0 fully saturated rings. The number of aryl methyl sites for hydroxylation is 1. The average molecular weight is 456 g/mol. The number of halogens is 3. The molecule has 1 N–H and O–H groups in total. The van der Waals surface area contributed by atoms with Gasteiger partial charge in [0.2, 0.25) is 0 Å².